The lowest BCUT2D eigenvalue weighted by Gasteiger charge is -2.09. The van der Waals surface area contributed by atoms with Gasteiger partial charge in [0.1, 0.15) is 6.29 Å². The zero-order valence-corrected chi connectivity index (χ0v) is 16.4. The Hall–Kier alpha value is -4.35. The first-order chi connectivity index (χ1) is 14.8. The number of aldehydes is 1. The Morgan fingerprint density at radius 3 is 2.81 bits per heavy atom. The van der Waals surface area contributed by atoms with Crippen LogP contribution in [0.15, 0.2) is 47.6 Å². The van der Waals surface area contributed by atoms with Crippen molar-refractivity contribution < 1.29 is 19.5 Å². The van der Waals surface area contributed by atoms with E-state index in [2.05, 4.69) is 37.1 Å². The number of nitrogens with two attached hydrogens (primary N) is 1. The molecule has 0 aliphatic heterocycles. The van der Waals surface area contributed by atoms with Crippen molar-refractivity contribution in [1.82, 2.24) is 30.6 Å². The van der Waals surface area contributed by atoms with E-state index in [0.29, 0.717) is 17.7 Å². The number of nitrogens with one attached hydrogen (secondary N) is 3. The van der Waals surface area contributed by atoms with Crippen molar-refractivity contribution >= 4 is 35.3 Å². The summed E-state index contributed by atoms with van der Waals surface area (Å²) in [5, 5.41) is 14.0. The van der Waals surface area contributed by atoms with Gasteiger partial charge in [-0.1, -0.05) is 12.7 Å². The molecule has 1 amide bonds. The van der Waals surface area contributed by atoms with Gasteiger partial charge in [0.2, 0.25) is 11.9 Å². The number of H-pyrrole nitrogens is 1. The molecule has 0 bridgehead atoms. The van der Waals surface area contributed by atoms with Crippen molar-refractivity contribution in [3.63, 3.8) is 0 Å². The maximum atomic E-state index is 11.9. The molecule has 0 aromatic carbocycles. The maximum Gasteiger partial charge on any atom is 0.303 e. The number of nitrogens with zero attached hydrogens (tertiary/aromatic N) is 3. The minimum atomic E-state index is -1.05. The molecule has 12 nitrogen and oxygen atoms in total. The van der Waals surface area contributed by atoms with Crippen molar-refractivity contribution in [2.45, 2.75) is 25.4 Å². The van der Waals surface area contributed by atoms with E-state index in [1.54, 1.807) is 6.08 Å². The van der Waals surface area contributed by atoms with Crippen LogP contribution < -0.4 is 21.9 Å². The van der Waals surface area contributed by atoms with Crippen LogP contribution in [0.5, 0.6) is 0 Å². The summed E-state index contributed by atoms with van der Waals surface area (Å²) in [5.41, 5.74) is 6.17. The van der Waals surface area contributed by atoms with Gasteiger partial charge in [0.05, 0.1) is 24.5 Å². The first kappa shape index (κ1) is 22.9. The van der Waals surface area contributed by atoms with E-state index >= 15 is 0 Å². The number of amides is 1. The Morgan fingerprint density at radius 1 is 1.35 bits per heavy atom. The Bertz CT molecular complexity index is 1110. The number of rotatable bonds is 11. The second-order valence-corrected chi connectivity index (χ2v) is 6.21. The van der Waals surface area contributed by atoms with E-state index in [4.69, 9.17) is 10.8 Å². The molecule has 0 aliphatic rings. The molecule has 1 atom stereocenters. The second-order valence-electron chi connectivity index (χ2n) is 6.21. The Morgan fingerprint density at radius 2 is 2.13 bits per heavy atom. The molecule has 0 saturated heterocycles. The molecule has 0 saturated carbocycles. The lowest BCUT2D eigenvalue weighted by Crippen LogP contribution is -2.35. The van der Waals surface area contributed by atoms with E-state index < -0.39 is 23.5 Å². The van der Waals surface area contributed by atoms with Crippen LogP contribution in [0.1, 0.15) is 18.5 Å². The molecule has 31 heavy (non-hydrogen) atoms. The highest BCUT2D eigenvalue weighted by Crippen LogP contribution is 2.04. The van der Waals surface area contributed by atoms with Gasteiger partial charge in [0.15, 0.2) is 11.2 Å². The topological polar surface area (TPSA) is 193 Å². The van der Waals surface area contributed by atoms with Crippen LogP contribution in [0, 0.1) is 0 Å². The summed E-state index contributed by atoms with van der Waals surface area (Å²) < 4.78 is 0. The van der Waals surface area contributed by atoms with Gasteiger partial charge < -0.3 is 26.3 Å². The fourth-order valence-corrected chi connectivity index (χ4v) is 2.37. The van der Waals surface area contributed by atoms with Gasteiger partial charge >= 0.3 is 5.97 Å². The number of carboxylic acids is 1. The van der Waals surface area contributed by atoms with Crippen LogP contribution >= 0.6 is 0 Å². The number of aromatic nitrogens is 4. The third-order valence-corrected chi connectivity index (χ3v) is 3.86. The predicted octanol–water partition coefficient (Wildman–Crippen LogP) is -0.440. The third kappa shape index (κ3) is 7.20. The summed E-state index contributed by atoms with van der Waals surface area (Å²) in [7, 11) is 0. The minimum absolute atomic E-state index is 0.00541. The Kier molecular flexibility index (Phi) is 8.13. The van der Waals surface area contributed by atoms with Crippen molar-refractivity contribution in [3.05, 3.63) is 58.8 Å². The number of hydrogen-bond donors (Lipinski definition) is 5. The maximum absolute atomic E-state index is 11.9. The largest absolute Gasteiger partial charge is 0.481 e. The van der Waals surface area contributed by atoms with Crippen molar-refractivity contribution in [1.29, 1.82) is 0 Å². The molecule has 0 radical (unpaired) electrons. The Labute approximate surface area is 176 Å². The molecule has 2 rings (SSSR count). The molecule has 0 fully saturated rings. The van der Waals surface area contributed by atoms with E-state index in [9.17, 15) is 19.2 Å². The Balaban J connectivity index is 1.96. The quantitative estimate of drug-likeness (QED) is 0.178. The summed E-state index contributed by atoms with van der Waals surface area (Å²) in [6.45, 7) is 3.88. The van der Waals surface area contributed by atoms with Gasteiger partial charge in [-0.2, -0.15) is 4.98 Å². The van der Waals surface area contributed by atoms with E-state index in [1.165, 1.54) is 24.4 Å². The van der Waals surface area contributed by atoms with Crippen LogP contribution in [0.4, 0.5) is 5.95 Å². The number of carbonyl (C=O) groups excluding carboxylic acids is 2. The second kappa shape index (κ2) is 11.0. The fraction of sp³-hybridized carbons (Fsp3) is 0.211. The lowest BCUT2D eigenvalue weighted by molar-refractivity contribution is -0.137. The molecule has 162 valence electrons. The molecular weight excluding hydrogens is 406 g/mol. The number of hydrogen-bond acceptors (Lipinski definition) is 9. The number of carboxylic acid groups (broad SMARTS) is 1. The number of aliphatic carboxylic acids is 1. The first-order valence-electron chi connectivity index (χ1n) is 9.06. The molecule has 6 N–H and O–H groups in total. The van der Waals surface area contributed by atoms with E-state index in [1.807, 2.05) is 0 Å². The summed E-state index contributed by atoms with van der Waals surface area (Å²) in [6, 6.07) is -0.881. The summed E-state index contributed by atoms with van der Waals surface area (Å²) in [6.07, 6.45) is 7.39. The SMILES string of the molecule is C=C/C(=C\C=C\C(=O)NC(C=O)CCC(=O)O)NCc1cnc2nc(N)[nH]c(=O)c2n1. The molecular formula is C19H21N7O5. The van der Waals surface area contributed by atoms with E-state index in [0.717, 1.165) is 0 Å². The number of anilines is 1. The number of nitrogen functional groups attached to an aromatic ring is 1. The normalized spacial score (nSPS) is 12.5. The van der Waals surface area contributed by atoms with Gasteiger partial charge in [-0.05, 0) is 18.6 Å². The summed E-state index contributed by atoms with van der Waals surface area (Å²) in [5.74, 6) is -1.65. The number of fused-ring (bicyclic) bond motifs is 1. The van der Waals surface area contributed by atoms with Crippen LogP contribution in [-0.4, -0.2) is 49.2 Å². The first-order valence-corrected chi connectivity index (χ1v) is 9.06. The summed E-state index contributed by atoms with van der Waals surface area (Å²) >= 11 is 0. The van der Waals surface area contributed by atoms with Gasteiger partial charge in [-0.3, -0.25) is 19.4 Å². The third-order valence-electron chi connectivity index (χ3n) is 3.86. The van der Waals surface area contributed by atoms with Gasteiger partial charge in [-0.15, -0.1) is 0 Å². The summed E-state index contributed by atoms with van der Waals surface area (Å²) in [4.78, 5) is 59.7. The smallest absolute Gasteiger partial charge is 0.303 e. The average molecular weight is 427 g/mol. The van der Waals surface area contributed by atoms with Crippen molar-refractivity contribution in [2.24, 2.45) is 0 Å². The standard InChI is InChI=1S/C19H21N7O5/c1-2-11(4-3-5-14(28)23-12(10-27)6-7-15(29)30)21-8-13-9-22-17-16(24-13)18(31)26-19(20)25-17/h2-5,9-10,12,21H,1,6-8H2,(H,23,28)(H,29,30)(H3,20,22,25,26,31)/b5-3+,11-4+. The lowest BCUT2D eigenvalue weighted by atomic mass is 10.2. The van der Waals surface area contributed by atoms with Gasteiger partial charge in [-0.25, -0.2) is 9.97 Å². The number of aromatic amines is 1. The molecule has 1 unspecified atom stereocenters. The van der Waals surface area contributed by atoms with Crippen molar-refractivity contribution in [3.8, 4) is 0 Å². The van der Waals surface area contributed by atoms with Crippen LogP contribution in [0.3, 0.4) is 0 Å². The fourth-order valence-electron chi connectivity index (χ4n) is 2.37. The van der Waals surface area contributed by atoms with Gasteiger partial charge in [0, 0.05) is 18.2 Å². The number of carbonyl (C=O) groups is 3. The molecule has 2 heterocycles. The molecule has 0 aliphatic carbocycles. The minimum Gasteiger partial charge on any atom is -0.481 e. The zero-order chi connectivity index (χ0) is 22.8. The highest BCUT2D eigenvalue weighted by atomic mass is 16.4. The van der Waals surface area contributed by atoms with Gasteiger partial charge in [0.25, 0.3) is 5.56 Å². The van der Waals surface area contributed by atoms with Crippen LogP contribution in [0.2, 0.25) is 0 Å². The van der Waals surface area contributed by atoms with Crippen LogP contribution in [-0.2, 0) is 20.9 Å². The predicted molar refractivity (Wildman–Crippen MR) is 111 cm³/mol. The molecule has 12 heteroatoms. The highest BCUT2D eigenvalue weighted by molar-refractivity contribution is 5.89. The highest BCUT2D eigenvalue weighted by Gasteiger charge is 2.11. The zero-order valence-electron chi connectivity index (χ0n) is 16.4. The molecule has 2 aromatic rings. The monoisotopic (exact) mass is 427 g/mol. The molecule has 2 aromatic heterocycles. The number of allylic oxidation sites excluding steroid dienone is 3. The van der Waals surface area contributed by atoms with E-state index in [-0.39, 0.29) is 36.5 Å². The average Bonchev–Trinajstić information content (AvgIpc) is 2.73. The van der Waals surface area contributed by atoms with Crippen molar-refractivity contribution in [2.75, 3.05) is 5.73 Å². The van der Waals surface area contributed by atoms with Crippen LogP contribution in [0.25, 0.3) is 11.2 Å². The molecule has 0 spiro atoms.